The van der Waals surface area contributed by atoms with Gasteiger partial charge in [0, 0.05) is 25.7 Å². The Morgan fingerprint density at radius 3 is 2.43 bits per heavy atom. The van der Waals surface area contributed by atoms with E-state index in [-0.39, 0.29) is 43.6 Å². The number of benzene rings is 1. The quantitative estimate of drug-likeness (QED) is 0.874. The minimum atomic E-state index is -0.841. The number of hydrogen-bond donors (Lipinski definition) is 1. The van der Waals surface area contributed by atoms with Crippen LogP contribution in [0.3, 0.4) is 0 Å². The third-order valence-electron chi connectivity index (χ3n) is 3.90. The Labute approximate surface area is 131 Å². The summed E-state index contributed by atoms with van der Waals surface area (Å²) in [6.45, 7) is 0.281. The highest BCUT2D eigenvalue weighted by molar-refractivity contribution is 5.90. The van der Waals surface area contributed by atoms with Gasteiger partial charge in [0.1, 0.15) is 11.8 Å². The van der Waals surface area contributed by atoms with Gasteiger partial charge in [0.05, 0.1) is 25.4 Å². The number of rotatable bonds is 3. The first-order valence-electron chi connectivity index (χ1n) is 7.07. The molecule has 0 unspecified atom stereocenters. The molecule has 2 saturated heterocycles. The molecule has 0 saturated carbocycles. The molecular formula is C14H16F2N4O3. The van der Waals surface area contributed by atoms with Crippen molar-refractivity contribution in [3.05, 3.63) is 23.8 Å². The summed E-state index contributed by atoms with van der Waals surface area (Å²) < 4.78 is 33.7. The van der Waals surface area contributed by atoms with Crippen LogP contribution in [0.2, 0.25) is 0 Å². The van der Waals surface area contributed by atoms with Crippen LogP contribution in [0.5, 0.6) is 0 Å². The summed E-state index contributed by atoms with van der Waals surface area (Å²) in [7, 11) is 1.56. The fourth-order valence-electron chi connectivity index (χ4n) is 2.68. The molecule has 7 nitrogen and oxygen atoms in total. The second-order valence-corrected chi connectivity index (χ2v) is 5.54. The van der Waals surface area contributed by atoms with Gasteiger partial charge in [-0.2, -0.15) is 0 Å². The van der Waals surface area contributed by atoms with Gasteiger partial charge in [-0.1, -0.05) is 0 Å². The normalized spacial score (nSPS) is 21.4. The first-order chi connectivity index (χ1) is 10.9. The Kier molecular flexibility index (Phi) is 3.80. The van der Waals surface area contributed by atoms with E-state index in [1.54, 1.807) is 7.05 Å². The van der Waals surface area contributed by atoms with E-state index in [9.17, 15) is 18.4 Å². The number of anilines is 2. The van der Waals surface area contributed by atoms with Crippen LogP contribution < -0.4 is 15.5 Å². The monoisotopic (exact) mass is 326 g/mol. The van der Waals surface area contributed by atoms with Gasteiger partial charge in [0.15, 0.2) is 11.6 Å². The fourth-order valence-corrected chi connectivity index (χ4v) is 2.68. The van der Waals surface area contributed by atoms with Crippen molar-refractivity contribution in [1.82, 2.24) is 4.90 Å². The average Bonchev–Trinajstić information content (AvgIpc) is 3.01. The minimum Gasteiger partial charge on any atom is -0.443 e. The van der Waals surface area contributed by atoms with Crippen LogP contribution in [0.15, 0.2) is 12.1 Å². The number of carbonyl (C=O) groups is 2. The van der Waals surface area contributed by atoms with Crippen LogP contribution in [0.4, 0.5) is 25.0 Å². The third kappa shape index (κ3) is 2.67. The number of nitrogens with zero attached hydrogens (tertiary/aromatic N) is 3. The zero-order chi connectivity index (χ0) is 16.7. The summed E-state index contributed by atoms with van der Waals surface area (Å²) in [5.74, 6) is -1.90. The van der Waals surface area contributed by atoms with Gasteiger partial charge in [-0.05, 0) is 0 Å². The molecule has 0 aliphatic carbocycles. The lowest BCUT2D eigenvalue weighted by Crippen LogP contribution is -2.28. The van der Waals surface area contributed by atoms with Crippen LogP contribution in [0, 0.1) is 11.6 Å². The van der Waals surface area contributed by atoms with E-state index in [1.165, 1.54) is 9.80 Å². The van der Waals surface area contributed by atoms with Crippen molar-refractivity contribution in [2.24, 2.45) is 5.73 Å². The van der Waals surface area contributed by atoms with Gasteiger partial charge >= 0.3 is 6.09 Å². The Morgan fingerprint density at radius 2 is 1.96 bits per heavy atom. The smallest absolute Gasteiger partial charge is 0.414 e. The van der Waals surface area contributed by atoms with Gasteiger partial charge < -0.3 is 20.3 Å². The molecule has 1 aromatic rings. The molecule has 2 aliphatic rings. The molecule has 0 radical (unpaired) electrons. The topological polar surface area (TPSA) is 79.1 Å². The highest BCUT2D eigenvalue weighted by atomic mass is 19.1. The van der Waals surface area contributed by atoms with E-state index in [2.05, 4.69) is 0 Å². The van der Waals surface area contributed by atoms with Crippen LogP contribution in [0.25, 0.3) is 0 Å². The highest BCUT2D eigenvalue weighted by Crippen LogP contribution is 2.32. The maximum Gasteiger partial charge on any atom is 0.414 e. The number of halogens is 2. The van der Waals surface area contributed by atoms with Crippen molar-refractivity contribution in [2.45, 2.75) is 6.10 Å². The highest BCUT2D eigenvalue weighted by Gasteiger charge is 2.34. The van der Waals surface area contributed by atoms with E-state index in [0.717, 1.165) is 17.0 Å². The van der Waals surface area contributed by atoms with E-state index >= 15 is 0 Å². The minimum absolute atomic E-state index is 0.0589. The maximum absolute atomic E-state index is 14.4. The molecule has 3 rings (SSSR count). The summed E-state index contributed by atoms with van der Waals surface area (Å²) >= 11 is 0. The molecule has 9 heteroatoms. The number of likely N-dealkylation sites (N-methyl/N-ethyl adjacent to an activating group) is 1. The SMILES string of the molecule is CN1CN(c2c(F)cc(N3C[C@H](CN)OC3=O)cc2F)CC1=O. The molecule has 124 valence electrons. The Balaban J connectivity index is 1.89. The standard InChI is InChI=1S/C14H16F2N4O3/c1-18-7-19(6-12(18)21)13-10(15)2-8(3-11(13)16)20-5-9(4-17)23-14(20)22/h2-3,9H,4-7,17H2,1H3/t9-/m0/s1. The van der Waals surface area contributed by atoms with Gasteiger partial charge in [-0.3, -0.25) is 9.69 Å². The van der Waals surface area contributed by atoms with Crippen molar-refractivity contribution >= 4 is 23.4 Å². The number of cyclic esters (lactones) is 1. The van der Waals surface area contributed by atoms with Crippen LogP contribution in [-0.4, -0.2) is 56.4 Å². The predicted octanol–water partition coefficient (Wildman–Crippen LogP) is 0.485. The first-order valence-corrected chi connectivity index (χ1v) is 7.07. The summed E-state index contributed by atoms with van der Waals surface area (Å²) in [6, 6.07) is 2.11. The lowest BCUT2D eigenvalue weighted by atomic mass is 10.2. The second kappa shape index (κ2) is 5.65. The molecule has 0 bridgehead atoms. The Bertz CT molecular complexity index is 646. The molecule has 2 heterocycles. The van der Waals surface area contributed by atoms with Crippen LogP contribution in [-0.2, 0) is 9.53 Å². The van der Waals surface area contributed by atoms with Crippen LogP contribution >= 0.6 is 0 Å². The fraction of sp³-hybridized carbons (Fsp3) is 0.429. The molecule has 23 heavy (non-hydrogen) atoms. The van der Waals surface area contributed by atoms with E-state index < -0.39 is 23.8 Å². The first kappa shape index (κ1) is 15.5. The van der Waals surface area contributed by atoms with E-state index in [4.69, 9.17) is 10.5 Å². The molecule has 1 aromatic carbocycles. The van der Waals surface area contributed by atoms with Crippen molar-refractivity contribution in [2.75, 3.05) is 43.2 Å². The Hall–Kier alpha value is -2.42. The van der Waals surface area contributed by atoms with Crippen molar-refractivity contribution in [3.63, 3.8) is 0 Å². The molecule has 2 fully saturated rings. The van der Waals surface area contributed by atoms with Gasteiger partial charge in [-0.15, -0.1) is 0 Å². The largest absolute Gasteiger partial charge is 0.443 e. The molecule has 1 atom stereocenters. The molecule has 2 N–H and O–H groups in total. The number of carbonyl (C=O) groups excluding carboxylic acids is 2. The molecular weight excluding hydrogens is 310 g/mol. The van der Waals surface area contributed by atoms with Crippen LogP contribution in [0.1, 0.15) is 0 Å². The summed E-state index contributed by atoms with van der Waals surface area (Å²) in [4.78, 5) is 27.1. The summed E-state index contributed by atoms with van der Waals surface area (Å²) in [6.07, 6.45) is -1.19. The maximum atomic E-state index is 14.4. The molecule has 0 spiro atoms. The lowest BCUT2D eigenvalue weighted by molar-refractivity contribution is -0.125. The van der Waals surface area contributed by atoms with Crippen molar-refractivity contribution in [3.8, 4) is 0 Å². The van der Waals surface area contributed by atoms with Crippen molar-refractivity contribution < 1.29 is 23.1 Å². The number of nitrogens with two attached hydrogens (primary N) is 1. The molecule has 0 aromatic heterocycles. The van der Waals surface area contributed by atoms with Crippen molar-refractivity contribution in [1.29, 1.82) is 0 Å². The number of hydrogen-bond acceptors (Lipinski definition) is 5. The molecule has 2 amide bonds. The predicted molar refractivity (Wildman–Crippen MR) is 78.0 cm³/mol. The van der Waals surface area contributed by atoms with Gasteiger partial charge in [0.25, 0.3) is 0 Å². The zero-order valence-corrected chi connectivity index (χ0v) is 12.5. The van der Waals surface area contributed by atoms with Gasteiger partial charge in [0.2, 0.25) is 5.91 Å². The van der Waals surface area contributed by atoms with E-state index in [0.29, 0.717) is 0 Å². The van der Waals surface area contributed by atoms with Gasteiger partial charge in [-0.25, -0.2) is 13.6 Å². The number of amides is 2. The average molecular weight is 326 g/mol. The molecule has 2 aliphatic heterocycles. The number of ether oxygens (including phenoxy) is 1. The third-order valence-corrected chi connectivity index (χ3v) is 3.90. The van der Waals surface area contributed by atoms with E-state index in [1.807, 2.05) is 0 Å². The zero-order valence-electron chi connectivity index (χ0n) is 12.5. The lowest BCUT2D eigenvalue weighted by Gasteiger charge is -2.21. The Morgan fingerprint density at radius 1 is 1.30 bits per heavy atom. The second-order valence-electron chi connectivity index (χ2n) is 5.54. The summed E-state index contributed by atoms with van der Waals surface area (Å²) in [5, 5.41) is 0. The summed E-state index contributed by atoms with van der Waals surface area (Å²) in [5.41, 5.74) is 5.21.